The number of aryl methyl sites for hydroxylation is 1. The Balaban J connectivity index is 2.03. The highest BCUT2D eigenvalue weighted by Crippen LogP contribution is 2.16. The quantitative estimate of drug-likeness (QED) is 0.858. The standard InChI is InChI=1S/C12H20N4O/c1-2-5-10-14-11(16-12(13)15-10)8-9-6-3-4-7-17-9/h9H,2-8H2,1H3,(H2,13,14,15,16). The van der Waals surface area contributed by atoms with E-state index in [4.69, 9.17) is 10.5 Å². The van der Waals surface area contributed by atoms with E-state index in [9.17, 15) is 0 Å². The number of nitrogen functional groups attached to an aromatic ring is 1. The zero-order valence-corrected chi connectivity index (χ0v) is 10.4. The van der Waals surface area contributed by atoms with Gasteiger partial charge in [0.1, 0.15) is 11.6 Å². The minimum Gasteiger partial charge on any atom is -0.378 e. The maximum Gasteiger partial charge on any atom is 0.223 e. The molecule has 0 bridgehead atoms. The maximum absolute atomic E-state index is 5.69. The summed E-state index contributed by atoms with van der Waals surface area (Å²) in [4.78, 5) is 12.8. The fourth-order valence-electron chi connectivity index (χ4n) is 2.09. The minimum atomic E-state index is 0.250. The molecule has 0 radical (unpaired) electrons. The van der Waals surface area contributed by atoms with Gasteiger partial charge in [-0.15, -0.1) is 0 Å². The molecule has 1 aromatic heterocycles. The van der Waals surface area contributed by atoms with Crippen LogP contribution in [0, 0.1) is 0 Å². The molecule has 1 fully saturated rings. The summed E-state index contributed by atoms with van der Waals surface area (Å²) < 4.78 is 5.68. The first-order chi connectivity index (χ1) is 8.28. The van der Waals surface area contributed by atoms with Gasteiger partial charge in [-0.05, 0) is 25.7 Å². The molecule has 1 unspecified atom stereocenters. The van der Waals surface area contributed by atoms with Gasteiger partial charge in [-0.3, -0.25) is 0 Å². The third-order valence-electron chi connectivity index (χ3n) is 2.90. The summed E-state index contributed by atoms with van der Waals surface area (Å²) in [6, 6.07) is 0. The van der Waals surface area contributed by atoms with E-state index >= 15 is 0 Å². The molecule has 0 saturated carbocycles. The lowest BCUT2D eigenvalue weighted by Crippen LogP contribution is -2.23. The van der Waals surface area contributed by atoms with Gasteiger partial charge in [-0.25, -0.2) is 4.98 Å². The van der Waals surface area contributed by atoms with Crippen molar-refractivity contribution in [2.75, 3.05) is 12.3 Å². The molecule has 1 aromatic rings. The Kier molecular flexibility index (Phi) is 4.25. The summed E-state index contributed by atoms with van der Waals surface area (Å²) in [5.74, 6) is 1.90. The maximum atomic E-state index is 5.69. The number of nitrogens with two attached hydrogens (primary N) is 1. The van der Waals surface area contributed by atoms with Crippen molar-refractivity contribution in [1.29, 1.82) is 0 Å². The average molecular weight is 236 g/mol. The molecule has 1 aliphatic rings. The van der Waals surface area contributed by atoms with Crippen LogP contribution in [0.3, 0.4) is 0 Å². The van der Waals surface area contributed by atoms with Crippen molar-refractivity contribution in [3.05, 3.63) is 11.6 Å². The molecule has 0 spiro atoms. The zero-order valence-electron chi connectivity index (χ0n) is 10.4. The van der Waals surface area contributed by atoms with E-state index < -0.39 is 0 Å². The summed E-state index contributed by atoms with van der Waals surface area (Å²) in [7, 11) is 0. The second-order valence-electron chi connectivity index (χ2n) is 4.47. The van der Waals surface area contributed by atoms with Gasteiger partial charge in [0.25, 0.3) is 0 Å². The Morgan fingerprint density at radius 3 is 2.76 bits per heavy atom. The number of hydrogen-bond donors (Lipinski definition) is 1. The molecular weight excluding hydrogens is 216 g/mol. The van der Waals surface area contributed by atoms with E-state index in [-0.39, 0.29) is 6.10 Å². The Bertz CT molecular complexity index is 364. The van der Waals surface area contributed by atoms with Gasteiger partial charge in [0.05, 0.1) is 6.10 Å². The zero-order chi connectivity index (χ0) is 12.1. The van der Waals surface area contributed by atoms with E-state index in [1.54, 1.807) is 0 Å². The van der Waals surface area contributed by atoms with Crippen LogP contribution in [0.1, 0.15) is 44.3 Å². The number of hydrogen-bond acceptors (Lipinski definition) is 5. The van der Waals surface area contributed by atoms with Crippen LogP contribution in [0.25, 0.3) is 0 Å². The molecule has 0 aliphatic carbocycles. The highest BCUT2D eigenvalue weighted by Gasteiger charge is 2.16. The van der Waals surface area contributed by atoms with Crippen LogP contribution in [0.5, 0.6) is 0 Å². The molecule has 1 aliphatic heterocycles. The molecule has 5 nitrogen and oxygen atoms in total. The van der Waals surface area contributed by atoms with E-state index in [0.29, 0.717) is 5.95 Å². The van der Waals surface area contributed by atoms with Crippen LogP contribution < -0.4 is 5.73 Å². The van der Waals surface area contributed by atoms with E-state index in [1.807, 2.05) is 0 Å². The third-order valence-corrected chi connectivity index (χ3v) is 2.90. The number of aromatic nitrogens is 3. The van der Waals surface area contributed by atoms with Crippen molar-refractivity contribution in [1.82, 2.24) is 15.0 Å². The number of nitrogens with zero attached hydrogens (tertiary/aromatic N) is 3. The topological polar surface area (TPSA) is 73.9 Å². The van der Waals surface area contributed by atoms with Crippen LogP contribution >= 0.6 is 0 Å². The Morgan fingerprint density at radius 1 is 1.24 bits per heavy atom. The smallest absolute Gasteiger partial charge is 0.223 e. The molecule has 2 N–H and O–H groups in total. The highest BCUT2D eigenvalue weighted by atomic mass is 16.5. The second-order valence-corrected chi connectivity index (χ2v) is 4.47. The number of ether oxygens (including phenoxy) is 1. The van der Waals surface area contributed by atoms with Crippen molar-refractivity contribution in [3.63, 3.8) is 0 Å². The Labute approximate surface area is 102 Å². The van der Waals surface area contributed by atoms with Crippen LogP contribution in [-0.2, 0) is 17.6 Å². The first-order valence-electron chi connectivity index (χ1n) is 6.39. The van der Waals surface area contributed by atoms with E-state index in [1.165, 1.54) is 6.42 Å². The van der Waals surface area contributed by atoms with Crippen molar-refractivity contribution >= 4 is 5.95 Å². The summed E-state index contributed by atoms with van der Waals surface area (Å²) in [5, 5.41) is 0. The minimum absolute atomic E-state index is 0.250. The molecule has 2 heterocycles. The summed E-state index contributed by atoms with van der Waals surface area (Å²) in [5.41, 5.74) is 5.69. The normalized spacial score (nSPS) is 20.4. The fraction of sp³-hybridized carbons (Fsp3) is 0.750. The van der Waals surface area contributed by atoms with Crippen LogP contribution in [0.4, 0.5) is 5.95 Å². The molecular formula is C12H20N4O. The van der Waals surface area contributed by atoms with Gasteiger partial charge in [0.2, 0.25) is 5.95 Å². The van der Waals surface area contributed by atoms with Crippen molar-refractivity contribution in [2.45, 2.75) is 51.6 Å². The third kappa shape index (κ3) is 3.63. The predicted octanol–water partition coefficient (Wildman–Crippen LogP) is 1.52. The summed E-state index contributed by atoms with van der Waals surface area (Å²) in [6.45, 7) is 2.96. The lowest BCUT2D eigenvalue weighted by atomic mass is 10.1. The molecule has 17 heavy (non-hydrogen) atoms. The first kappa shape index (κ1) is 12.2. The summed E-state index contributed by atoms with van der Waals surface area (Å²) >= 11 is 0. The lowest BCUT2D eigenvalue weighted by molar-refractivity contribution is 0.0156. The van der Waals surface area contributed by atoms with Crippen LogP contribution in [0.15, 0.2) is 0 Å². The predicted molar refractivity (Wildman–Crippen MR) is 65.5 cm³/mol. The van der Waals surface area contributed by atoms with Gasteiger partial charge in [0, 0.05) is 19.4 Å². The monoisotopic (exact) mass is 236 g/mol. The van der Waals surface area contributed by atoms with Gasteiger partial charge >= 0.3 is 0 Å². The first-order valence-corrected chi connectivity index (χ1v) is 6.39. The average Bonchev–Trinajstić information content (AvgIpc) is 2.30. The molecule has 94 valence electrons. The Morgan fingerprint density at radius 2 is 2.06 bits per heavy atom. The Hall–Kier alpha value is -1.23. The van der Waals surface area contributed by atoms with E-state index in [2.05, 4.69) is 21.9 Å². The van der Waals surface area contributed by atoms with Gasteiger partial charge in [-0.2, -0.15) is 9.97 Å². The fourth-order valence-corrected chi connectivity index (χ4v) is 2.09. The van der Waals surface area contributed by atoms with Crippen LogP contribution in [-0.4, -0.2) is 27.7 Å². The molecule has 5 heteroatoms. The molecule has 1 atom stereocenters. The lowest BCUT2D eigenvalue weighted by Gasteiger charge is -2.21. The van der Waals surface area contributed by atoms with Crippen molar-refractivity contribution < 1.29 is 4.74 Å². The van der Waals surface area contributed by atoms with Crippen molar-refractivity contribution in [3.8, 4) is 0 Å². The van der Waals surface area contributed by atoms with Gasteiger partial charge in [0.15, 0.2) is 0 Å². The number of rotatable bonds is 4. The second kappa shape index (κ2) is 5.91. The van der Waals surface area contributed by atoms with E-state index in [0.717, 1.165) is 50.4 Å². The molecule has 2 rings (SSSR count). The highest BCUT2D eigenvalue weighted by molar-refractivity contribution is 5.16. The van der Waals surface area contributed by atoms with Gasteiger partial charge in [-0.1, -0.05) is 6.92 Å². The summed E-state index contributed by atoms with van der Waals surface area (Å²) in [6.07, 6.45) is 6.36. The largest absolute Gasteiger partial charge is 0.378 e. The number of anilines is 1. The van der Waals surface area contributed by atoms with Gasteiger partial charge < -0.3 is 10.5 Å². The SMILES string of the molecule is CCCc1nc(N)nc(CC2CCCCO2)n1. The molecule has 0 aromatic carbocycles. The van der Waals surface area contributed by atoms with Crippen LogP contribution in [0.2, 0.25) is 0 Å². The molecule has 0 amide bonds. The van der Waals surface area contributed by atoms with Crippen molar-refractivity contribution in [2.24, 2.45) is 0 Å². The molecule has 1 saturated heterocycles.